The molecule has 4 bridgehead atoms. The standard InChI is InChI=1S/C25H35N3O4S/c1-18-5-3-4-6-22(18)28(33(2,31)32)17-23(29)26-7-9-27(10-8-26)24(30)25-14-19-11-20(15-25)13-21(12-19)16-25/h3-6,19-21H,7-17H2,1-2H3. The van der Waals surface area contributed by atoms with Crippen molar-refractivity contribution in [1.29, 1.82) is 0 Å². The Hall–Kier alpha value is -2.09. The largest absolute Gasteiger partial charge is 0.339 e. The minimum atomic E-state index is -3.60. The predicted molar refractivity (Wildman–Crippen MR) is 127 cm³/mol. The first-order valence-corrected chi connectivity index (χ1v) is 14.1. The molecule has 1 aliphatic heterocycles. The Morgan fingerprint density at radius 3 is 1.97 bits per heavy atom. The number of carbonyl (C=O) groups is 2. The Morgan fingerprint density at radius 1 is 0.939 bits per heavy atom. The van der Waals surface area contributed by atoms with E-state index in [1.54, 1.807) is 17.0 Å². The van der Waals surface area contributed by atoms with Gasteiger partial charge in [0.2, 0.25) is 21.8 Å². The molecule has 0 spiro atoms. The van der Waals surface area contributed by atoms with Gasteiger partial charge in [0.1, 0.15) is 6.54 Å². The lowest BCUT2D eigenvalue weighted by molar-refractivity contribution is -0.160. The van der Waals surface area contributed by atoms with Crippen LogP contribution in [0.5, 0.6) is 0 Å². The molecule has 7 nitrogen and oxygen atoms in total. The van der Waals surface area contributed by atoms with Gasteiger partial charge in [0.25, 0.3) is 0 Å². The number of rotatable bonds is 5. The highest BCUT2D eigenvalue weighted by Gasteiger charge is 2.55. The highest BCUT2D eigenvalue weighted by molar-refractivity contribution is 7.92. The molecule has 6 rings (SSSR count). The lowest BCUT2D eigenvalue weighted by Crippen LogP contribution is -2.59. The van der Waals surface area contributed by atoms with Gasteiger partial charge in [-0.15, -0.1) is 0 Å². The summed E-state index contributed by atoms with van der Waals surface area (Å²) in [6.07, 6.45) is 8.23. The van der Waals surface area contributed by atoms with Crippen LogP contribution in [0.3, 0.4) is 0 Å². The molecule has 2 amide bonds. The first kappa shape index (κ1) is 22.7. The van der Waals surface area contributed by atoms with Crippen LogP contribution in [0.15, 0.2) is 24.3 Å². The van der Waals surface area contributed by atoms with Gasteiger partial charge in [-0.2, -0.15) is 0 Å². The van der Waals surface area contributed by atoms with Crippen LogP contribution in [0.1, 0.15) is 44.1 Å². The van der Waals surface area contributed by atoms with Crippen LogP contribution < -0.4 is 4.31 Å². The summed E-state index contributed by atoms with van der Waals surface area (Å²) in [5.41, 5.74) is 1.18. The fourth-order valence-corrected chi connectivity index (χ4v) is 8.22. The van der Waals surface area contributed by atoms with Crippen LogP contribution in [0.4, 0.5) is 5.69 Å². The number of aryl methyl sites for hydroxylation is 1. The fourth-order valence-electron chi connectivity index (χ4n) is 7.31. The van der Waals surface area contributed by atoms with Crippen molar-refractivity contribution in [3.05, 3.63) is 29.8 Å². The first-order valence-electron chi connectivity index (χ1n) is 12.3. The number of para-hydroxylation sites is 1. The molecule has 4 saturated carbocycles. The Labute approximate surface area is 197 Å². The van der Waals surface area contributed by atoms with Crippen LogP contribution in [0.2, 0.25) is 0 Å². The average Bonchev–Trinajstić information content (AvgIpc) is 2.76. The van der Waals surface area contributed by atoms with Crippen molar-refractivity contribution in [1.82, 2.24) is 9.80 Å². The quantitative estimate of drug-likeness (QED) is 0.659. The van der Waals surface area contributed by atoms with Gasteiger partial charge < -0.3 is 9.80 Å². The predicted octanol–water partition coefficient (Wildman–Crippen LogP) is 2.65. The monoisotopic (exact) mass is 473 g/mol. The van der Waals surface area contributed by atoms with Crippen molar-refractivity contribution in [3.63, 3.8) is 0 Å². The Morgan fingerprint density at radius 2 is 1.45 bits per heavy atom. The molecular weight excluding hydrogens is 438 g/mol. The summed E-state index contributed by atoms with van der Waals surface area (Å²) in [7, 11) is -3.60. The maximum absolute atomic E-state index is 13.6. The second-order valence-corrected chi connectivity index (χ2v) is 12.8. The van der Waals surface area contributed by atoms with Gasteiger partial charge in [0, 0.05) is 26.2 Å². The number of hydrogen-bond donors (Lipinski definition) is 0. The summed E-state index contributed by atoms with van der Waals surface area (Å²) >= 11 is 0. The minimum absolute atomic E-state index is 0.154. The van der Waals surface area contributed by atoms with E-state index in [4.69, 9.17) is 0 Å². The minimum Gasteiger partial charge on any atom is -0.339 e. The van der Waals surface area contributed by atoms with Crippen molar-refractivity contribution in [2.75, 3.05) is 43.3 Å². The maximum Gasteiger partial charge on any atom is 0.243 e. The molecule has 8 heteroatoms. The molecule has 1 aromatic rings. The summed E-state index contributed by atoms with van der Waals surface area (Å²) < 4.78 is 26.1. The third-order valence-electron chi connectivity index (χ3n) is 8.47. The molecule has 5 aliphatic rings. The van der Waals surface area contributed by atoms with E-state index in [1.807, 2.05) is 24.0 Å². The number of amides is 2. The topological polar surface area (TPSA) is 78.0 Å². The van der Waals surface area contributed by atoms with Crippen LogP contribution in [-0.2, 0) is 19.6 Å². The number of nitrogens with zero attached hydrogens (tertiary/aromatic N) is 3. The Kier molecular flexibility index (Phi) is 5.70. The fraction of sp³-hybridized carbons (Fsp3) is 0.680. The lowest BCUT2D eigenvalue weighted by Gasteiger charge is -2.57. The molecule has 180 valence electrons. The second-order valence-electron chi connectivity index (χ2n) is 10.9. The highest BCUT2D eigenvalue weighted by Crippen LogP contribution is 2.60. The van der Waals surface area contributed by atoms with Gasteiger partial charge in [0.15, 0.2) is 0 Å². The van der Waals surface area contributed by atoms with Crippen molar-refractivity contribution < 1.29 is 18.0 Å². The smallest absolute Gasteiger partial charge is 0.243 e. The zero-order valence-electron chi connectivity index (χ0n) is 19.7. The van der Waals surface area contributed by atoms with Crippen LogP contribution >= 0.6 is 0 Å². The molecule has 1 heterocycles. The maximum atomic E-state index is 13.6. The molecule has 1 aromatic carbocycles. The molecule has 0 aromatic heterocycles. The normalized spacial score (nSPS) is 31.0. The van der Waals surface area contributed by atoms with Gasteiger partial charge in [-0.3, -0.25) is 13.9 Å². The van der Waals surface area contributed by atoms with E-state index in [0.717, 1.165) is 48.8 Å². The lowest BCUT2D eigenvalue weighted by atomic mass is 9.49. The van der Waals surface area contributed by atoms with Gasteiger partial charge >= 0.3 is 0 Å². The van der Waals surface area contributed by atoms with E-state index in [-0.39, 0.29) is 17.9 Å². The van der Waals surface area contributed by atoms with Crippen LogP contribution in [-0.4, -0.2) is 69.0 Å². The summed E-state index contributed by atoms with van der Waals surface area (Å²) in [5, 5.41) is 0. The highest BCUT2D eigenvalue weighted by atomic mass is 32.2. The zero-order chi connectivity index (χ0) is 23.4. The van der Waals surface area contributed by atoms with E-state index in [9.17, 15) is 18.0 Å². The van der Waals surface area contributed by atoms with Crippen LogP contribution in [0, 0.1) is 30.1 Å². The van der Waals surface area contributed by atoms with Crippen LogP contribution in [0.25, 0.3) is 0 Å². The van der Waals surface area contributed by atoms with Crippen molar-refractivity contribution in [3.8, 4) is 0 Å². The first-order chi connectivity index (χ1) is 15.6. The SMILES string of the molecule is Cc1ccccc1N(CC(=O)N1CCN(C(=O)C23CC4CC(CC(C4)C2)C3)CC1)S(C)(=O)=O. The number of hydrogen-bond acceptors (Lipinski definition) is 4. The number of benzene rings is 1. The van der Waals surface area contributed by atoms with E-state index in [2.05, 4.69) is 0 Å². The van der Waals surface area contributed by atoms with E-state index in [0.29, 0.717) is 37.8 Å². The molecule has 5 fully saturated rings. The van der Waals surface area contributed by atoms with Gasteiger partial charge in [-0.1, -0.05) is 18.2 Å². The van der Waals surface area contributed by atoms with Gasteiger partial charge in [0.05, 0.1) is 17.4 Å². The molecule has 0 atom stereocenters. The summed E-state index contributed by atoms with van der Waals surface area (Å²) in [5.74, 6) is 2.28. The number of anilines is 1. The number of carbonyl (C=O) groups excluding carboxylic acids is 2. The zero-order valence-corrected chi connectivity index (χ0v) is 20.5. The average molecular weight is 474 g/mol. The van der Waals surface area contributed by atoms with Crippen molar-refractivity contribution >= 4 is 27.5 Å². The van der Waals surface area contributed by atoms with Gasteiger partial charge in [-0.05, 0) is 74.8 Å². The van der Waals surface area contributed by atoms with E-state index < -0.39 is 10.0 Å². The second kappa shape index (κ2) is 8.29. The number of piperazine rings is 1. The van der Waals surface area contributed by atoms with E-state index >= 15 is 0 Å². The molecular formula is C25H35N3O4S. The van der Waals surface area contributed by atoms with Gasteiger partial charge in [-0.25, -0.2) is 8.42 Å². The molecule has 33 heavy (non-hydrogen) atoms. The molecule has 0 N–H and O–H groups in total. The Bertz CT molecular complexity index is 1010. The van der Waals surface area contributed by atoms with Crippen molar-refractivity contribution in [2.24, 2.45) is 23.2 Å². The summed E-state index contributed by atoms with van der Waals surface area (Å²) in [6, 6.07) is 7.19. The molecule has 0 unspecified atom stereocenters. The third-order valence-corrected chi connectivity index (χ3v) is 9.60. The number of sulfonamides is 1. The molecule has 0 radical (unpaired) electrons. The molecule has 1 saturated heterocycles. The van der Waals surface area contributed by atoms with E-state index in [1.165, 1.54) is 23.6 Å². The third kappa shape index (κ3) is 4.27. The Balaban J connectivity index is 1.22. The molecule has 4 aliphatic carbocycles. The summed E-state index contributed by atoms with van der Waals surface area (Å²) in [4.78, 5) is 30.3. The summed E-state index contributed by atoms with van der Waals surface area (Å²) in [6.45, 7) is 3.62. The van der Waals surface area contributed by atoms with Crippen molar-refractivity contribution in [2.45, 2.75) is 45.4 Å².